The Balaban J connectivity index is 1.90. The fraction of sp³-hybridized carbons (Fsp3) is 0.235. The molecule has 22 heavy (non-hydrogen) atoms. The van der Waals surface area contributed by atoms with E-state index in [1.54, 1.807) is 36.4 Å². The van der Waals surface area contributed by atoms with Gasteiger partial charge in [0.15, 0.2) is 0 Å². The van der Waals surface area contributed by atoms with Gasteiger partial charge in [0.1, 0.15) is 23.4 Å². The second-order valence-electron chi connectivity index (χ2n) is 5.27. The van der Waals surface area contributed by atoms with E-state index in [2.05, 4.69) is 0 Å². The van der Waals surface area contributed by atoms with Crippen molar-refractivity contribution in [1.82, 2.24) is 0 Å². The Morgan fingerprint density at radius 3 is 2.86 bits per heavy atom. The molecule has 0 saturated heterocycles. The van der Waals surface area contributed by atoms with E-state index in [0.717, 1.165) is 5.56 Å². The molecule has 1 heterocycles. The van der Waals surface area contributed by atoms with Crippen molar-refractivity contribution in [2.75, 3.05) is 0 Å². The van der Waals surface area contributed by atoms with Crippen molar-refractivity contribution >= 4 is 5.97 Å². The molecule has 0 aliphatic carbocycles. The highest BCUT2D eigenvalue weighted by Crippen LogP contribution is 2.37. The molecule has 0 spiro atoms. The van der Waals surface area contributed by atoms with E-state index < -0.39 is 18.2 Å². The summed E-state index contributed by atoms with van der Waals surface area (Å²) in [5.74, 6) is 0.663. The lowest BCUT2D eigenvalue weighted by molar-refractivity contribution is -0.131. The van der Waals surface area contributed by atoms with Gasteiger partial charge in [0.05, 0.1) is 6.10 Å². The number of carbonyl (C=O) groups is 1. The topological polar surface area (TPSA) is 76.0 Å². The summed E-state index contributed by atoms with van der Waals surface area (Å²) in [6, 6.07) is 11.7. The summed E-state index contributed by atoms with van der Waals surface area (Å²) in [4.78, 5) is 11.0. The van der Waals surface area contributed by atoms with Gasteiger partial charge >= 0.3 is 5.97 Å². The number of rotatable bonds is 2. The standard InChI is InChI=1S/C17H16O5/c1-10(18)21-14-4-2-3-12(7-14)17-15(20)8-11-5-6-13(19)9-16(11)22-17/h2-7,9,15,17,19-20H,8H2,1H3. The van der Waals surface area contributed by atoms with Crippen molar-refractivity contribution < 1.29 is 24.5 Å². The van der Waals surface area contributed by atoms with E-state index in [1.807, 2.05) is 0 Å². The van der Waals surface area contributed by atoms with Crippen LogP contribution in [-0.2, 0) is 11.2 Å². The van der Waals surface area contributed by atoms with E-state index >= 15 is 0 Å². The van der Waals surface area contributed by atoms with E-state index in [1.165, 1.54) is 13.0 Å². The number of aliphatic hydroxyl groups excluding tert-OH is 1. The quantitative estimate of drug-likeness (QED) is 0.657. The zero-order valence-corrected chi connectivity index (χ0v) is 12.0. The molecule has 2 aromatic rings. The van der Waals surface area contributed by atoms with E-state index in [9.17, 15) is 15.0 Å². The highest BCUT2D eigenvalue weighted by molar-refractivity contribution is 5.69. The molecule has 114 valence electrons. The summed E-state index contributed by atoms with van der Waals surface area (Å²) < 4.78 is 10.9. The third-order valence-corrected chi connectivity index (χ3v) is 3.53. The zero-order valence-electron chi connectivity index (χ0n) is 12.0. The predicted molar refractivity (Wildman–Crippen MR) is 78.9 cm³/mol. The highest BCUT2D eigenvalue weighted by atomic mass is 16.5. The SMILES string of the molecule is CC(=O)Oc1cccc(C2Oc3cc(O)ccc3CC2O)c1. The van der Waals surface area contributed by atoms with Gasteiger partial charge in [-0.2, -0.15) is 0 Å². The van der Waals surface area contributed by atoms with Crippen LogP contribution in [0.25, 0.3) is 0 Å². The van der Waals surface area contributed by atoms with Gasteiger partial charge in [-0.15, -0.1) is 0 Å². The summed E-state index contributed by atoms with van der Waals surface area (Å²) in [6.07, 6.45) is -0.868. The van der Waals surface area contributed by atoms with Gasteiger partial charge in [0, 0.05) is 19.4 Å². The van der Waals surface area contributed by atoms with Crippen LogP contribution >= 0.6 is 0 Å². The Labute approximate surface area is 127 Å². The molecule has 0 amide bonds. The van der Waals surface area contributed by atoms with Gasteiger partial charge in [0.25, 0.3) is 0 Å². The number of ether oxygens (including phenoxy) is 2. The highest BCUT2D eigenvalue weighted by Gasteiger charge is 2.30. The number of phenols is 1. The first-order chi connectivity index (χ1) is 10.5. The molecule has 2 N–H and O–H groups in total. The van der Waals surface area contributed by atoms with Crippen LogP contribution in [0.3, 0.4) is 0 Å². The maximum Gasteiger partial charge on any atom is 0.308 e. The number of esters is 1. The van der Waals surface area contributed by atoms with E-state index in [4.69, 9.17) is 9.47 Å². The second-order valence-corrected chi connectivity index (χ2v) is 5.27. The number of benzene rings is 2. The molecule has 5 nitrogen and oxygen atoms in total. The number of carbonyl (C=O) groups excluding carboxylic acids is 1. The fourth-order valence-corrected chi connectivity index (χ4v) is 2.58. The molecular formula is C17H16O5. The third kappa shape index (κ3) is 2.89. The minimum atomic E-state index is -0.718. The summed E-state index contributed by atoms with van der Waals surface area (Å²) in [7, 11) is 0. The molecule has 2 aromatic carbocycles. The average molecular weight is 300 g/mol. The summed E-state index contributed by atoms with van der Waals surface area (Å²) >= 11 is 0. The fourth-order valence-electron chi connectivity index (χ4n) is 2.58. The molecule has 0 fully saturated rings. The molecule has 2 atom stereocenters. The number of aliphatic hydroxyl groups is 1. The van der Waals surface area contributed by atoms with Gasteiger partial charge < -0.3 is 19.7 Å². The molecule has 0 saturated carbocycles. The van der Waals surface area contributed by atoms with Crippen molar-refractivity contribution in [2.24, 2.45) is 0 Å². The Kier molecular flexibility index (Phi) is 3.73. The zero-order chi connectivity index (χ0) is 15.7. The molecule has 0 radical (unpaired) electrons. The van der Waals surface area contributed by atoms with Crippen LogP contribution in [0.2, 0.25) is 0 Å². The van der Waals surface area contributed by atoms with Crippen molar-refractivity contribution in [3.8, 4) is 17.2 Å². The summed E-state index contributed by atoms with van der Waals surface area (Å²) in [6.45, 7) is 1.33. The monoisotopic (exact) mass is 300 g/mol. The number of hydrogen-bond donors (Lipinski definition) is 2. The van der Waals surface area contributed by atoms with Crippen molar-refractivity contribution in [2.45, 2.75) is 25.6 Å². The summed E-state index contributed by atoms with van der Waals surface area (Å²) in [5, 5.41) is 19.9. The third-order valence-electron chi connectivity index (χ3n) is 3.53. The number of fused-ring (bicyclic) bond motifs is 1. The van der Waals surface area contributed by atoms with Crippen LogP contribution in [-0.4, -0.2) is 22.3 Å². The van der Waals surface area contributed by atoms with Crippen LogP contribution in [0.4, 0.5) is 0 Å². The number of hydrogen-bond acceptors (Lipinski definition) is 5. The molecular weight excluding hydrogens is 284 g/mol. The van der Waals surface area contributed by atoms with Gasteiger partial charge in [0.2, 0.25) is 0 Å². The van der Waals surface area contributed by atoms with Gasteiger partial charge in [-0.05, 0) is 29.3 Å². The van der Waals surface area contributed by atoms with Crippen molar-refractivity contribution in [1.29, 1.82) is 0 Å². The first kappa shape index (κ1) is 14.4. The Hall–Kier alpha value is -2.53. The van der Waals surface area contributed by atoms with Gasteiger partial charge in [-0.25, -0.2) is 0 Å². The molecule has 1 aliphatic rings. The van der Waals surface area contributed by atoms with Crippen LogP contribution < -0.4 is 9.47 Å². The molecule has 0 aromatic heterocycles. The smallest absolute Gasteiger partial charge is 0.308 e. The maximum atomic E-state index is 11.0. The van der Waals surface area contributed by atoms with E-state index in [-0.39, 0.29) is 5.75 Å². The minimum absolute atomic E-state index is 0.113. The van der Waals surface area contributed by atoms with Crippen LogP contribution in [0.1, 0.15) is 24.2 Å². The molecule has 1 aliphatic heterocycles. The lowest BCUT2D eigenvalue weighted by atomic mass is 9.94. The molecule has 2 unspecified atom stereocenters. The Morgan fingerprint density at radius 1 is 1.27 bits per heavy atom. The first-order valence-corrected chi connectivity index (χ1v) is 6.98. The van der Waals surface area contributed by atoms with E-state index in [0.29, 0.717) is 23.5 Å². The Bertz CT molecular complexity index is 710. The van der Waals surface area contributed by atoms with Crippen molar-refractivity contribution in [3.63, 3.8) is 0 Å². The van der Waals surface area contributed by atoms with Gasteiger partial charge in [-0.1, -0.05) is 18.2 Å². The average Bonchev–Trinajstić information content (AvgIpc) is 2.46. The lowest BCUT2D eigenvalue weighted by Crippen LogP contribution is -2.30. The second kappa shape index (κ2) is 5.69. The number of phenolic OH excluding ortho intramolecular Hbond substituents is 1. The minimum Gasteiger partial charge on any atom is -0.508 e. The lowest BCUT2D eigenvalue weighted by Gasteiger charge is -2.31. The van der Waals surface area contributed by atoms with Gasteiger partial charge in [-0.3, -0.25) is 4.79 Å². The first-order valence-electron chi connectivity index (χ1n) is 6.98. The van der Waals surface area contributed by atoms with Crippen molar-refractivity contribution in [3.05, 3.63) is 53.6 Å². The largest absolute Gasteiger partial charge is 0.508 e. The maximum absolute atomic E-state index is 11.0. The predicted octanol–water partition coefficient (Wildman–Crippen LogP) is 2.35. The Morgan fingerprint density at radius 2 is 2.09 bits per heavy atom. The van der Waals surface area contributed by atoms with Crippen LogP contribution in [0.5, 0.6) is 17.2 Å². The molecule has 0 bridgehead atoms. The molecule has 5 heteroatoms. The number of aromatic hydroxyl groups is 1. The van der Waals surface area contributed by atoms with Crippen LogP contribution in [0.15, 0.2) is 42.5 Å². The van der Waals surface area contributed by atoms with Crippen LogP contribution in [0, 0.1) is 0 Å². The normalized spacial score (nSPS) is 19.9. The molecule has 3 rings (SSSR count). The summed E-state index contributed by atoms with van der Waals surface area (Å²) in [5.41, 5.74) is 1.55.